The van der Waals surface area contributed by atoms with Crippen LogP contribution in [0, 0.1) is 30.4 Å². The van der Waals surface area contributed by atoms with Crippen LogP contribution in [0.1, 0.15) is 5.82 Å². The Hall–Kier alpha value is -3.30. The Kier molecular flexibility index (Phi) is 4.07. The lowest BCUT2D eigenvalue weighted by molar-refractivity contribution is 0.219. The van der Waals surface area contributed by atoms with E-state index in [1.54, 1.807) is 9.42 Å². The predicted molar refractivity (Wildman–Crippen MR) is 102 cm³/mol. The molecule has 2 atom stereocenters. The van der Waals surface area contributed by atoms with Gasteiger partial charge in [0.2, 0.25) is 0 Å². The first kappa shape index (κ1) is 17.8. The summed E-state index contributed by atoms with van der Waals surface area (Å²) in [5.74, 6) is 0.574. The number of carbonyl (C=O) groups is 1. The van der Waals surface area contributed by atoms with Gasteiger partial charge >= 0.3 is 6.03 Å². The number of benzene rings is 1. The maximum atomic E-state index is 13.8. The molecule has 10 heteroatoms. The van der Waals surface area contributed by atoms with Crippen LogP contribution in [0.15, 0.2) is 30.3 Å². The molecule has 150 valence electrons. The van der Waals surface area contributed by atoms with Gasteiger partial charge in [0, 0.05) is 38.0 Å². The molecule has 2 unspecified atom stereocenters. The van der Waals surface area contributed by atoms with E-state index in [2.05, 4.69) is 25.5 Å². The molecule has 3 aromatic rings. The van der Waals surface area contributed by atoms with Gasteiger partial charge in [0.15, 0.2) is 11.5 Å². The van der Waals surface area contributed by atoms with Gasteiger partial charge in [0.05, 0.1) is 0 Å². The average Bonchev–Trinajstić information content (AvgIpc) is 3.38. The van der Waals surface area contributed by atoms with Crippen LogP contribution in [-0.2, 0) is 0 Å². The van der Waals surface area contributed by atoms with Crippen LogP contribution in [0.3, 0.4) is 0 Å². The van der Waals surface area contributed by atoms with Gasteiger partial charge in [-0.2, -0.15) is 4.52 Å². The summed E-state index contributed by atoms with van der Waals surface area (Å²) >= 11 is 0. The molecule has 0 saturated carbocycles. The number of aryl methyl sites for hydroxylation is 1. The molecule has 0 spiro atoms. The van der Waals surface area contributed by atoms with Crippen LogP contribution in [0.25, 0.3) is 5.65 Å². The van der Waals surface area contributed by atoms with Gasteiger partial charge in [0.1, 0.15) is 23.1 Å². The Balaban J connectivity index is 1.25. The minimum atomic E-state index is -0.783. The molecular formula is C19H19F2N7O. The minimum Gasteiger partial charge on any atom is -0.354 e. The van der Waals surface area contributed by atoms with Gasteiger partial charge in [-0.25, -0.2) is 13.6 Å². The van der Waals surface area contributed by atoms with Crippen LogP contribution < -0.4 is 10.2 Å². The van der Waals surface area contributed by atoms with Crippen LogP contribution in [0.4, 0.5) is 25.1 Å². The largest absolute Gasteiger partial charge is 0.354 e. The highest BCUT2D eigenvalue weighted by Crippen LogP contribution is 2.33. The number of rotatable bonds is 2. The number of nitrogens with one attached hydrogen (secondary N) is 1. The molecule has 1 N–H and O–H groups in total. The number of amides is 2. The van der Waals surface area contributed by atoms with E-state index in [1.807, 2.05) is 19.1 Å². The summed E-state index contributed by atoms with van der Waals surface area (Å²) in [6.45, 7) is 4.46. The molecule has 4 heterocycles. The Morgan fingerprint density at radius 2 is 1.72 bits per heavy atom. The van der Waals surface area contributed by atoms with Gasteiger partial charge in [0.25, 0.3) is 0 Å². The quantitative estimate of drug-likeness (QED) is 0.716. The van der Waals surface area contributed by atoms with E-state index in [-0.39, 0.29) is 11.8 Å². The smallest absolute Gasteiger partial charge is 0.322 e. The van der Waals surface area contributed by atoms with Crippen molar-refractivity contribution in [2.45, 2.75) is 6.92 Å². The van der Waals surface area contributed by atoms with Gasteiger partial charge in [-0.05, 0) is 31.2 Å². The topological polar surface area (TPSA) is 78.7 Å². The number of nitrogens with zero attached hydrogens (tertiary/aromatic N) is 6. The zero-order chi connectivity index (χ0) is 20.1. The fourth-order valence-electron chi connectivity index (χ4n) is 4.20. The number of urea groups is 1. The summed E-state index contributed by atoms with van der Waals surface area (Å²) in [6, 6.07) is 6.85. The number of likely N-dealkylation sites (tertiary alicyclic amines) is 1. The van der Waals surface area contributed by atoms with Gasteiger partial charge in [-0.15, -0.1) is 15.3 Å². The SMILES string of the molecule is Cc1nnc2ccc(N3CC4CN(C(=O)Nc5c(F)cccc5F)CC4C3)nn12. The molecule has 5 rings (SSSR count). The van der Waals surface area contributed by atoms with Crippen molar-refractivity contribution in [2.24, 2.45) is 11.8 Å². The standard InChI is InChI=1S/C19H19F2N7O/c1-11-23-24-16-5-6-17(25-28(11)16)26-7-12-9-27(10-13(12)8-26)19(29)22-18-14(20)3-2-4-15(18)21/h2-6,12-13H,7-10H2,1H3,(H,22,29). The van der Waals surface area contributed by atoms with E-state index in [9.17, 15) is 13.6 Å². The maximum absolute atomic E-state index is 13.8. The van der Waals surface area contributed by atoms with Gasteiger partial charge in [-0.1, -0.05) is 6.07 Å². The zero-order valence-electron chi connectivity index (χ0n) is 15.7. The summed E-state index contributed by atoms with van der Waals surface area (Å²) in [7, 11) is 0. The highest BCUT2D eigenvalue weighted by atomic mass is 19.1. The summed E-state index contributed by atoms with van der Waals surface area (Å²) in [5.41, 5.74) is 0.298. The average molecular weight is 399 g/mol. The Bertz CT molecular complexity index is 1070. The summed E-state index contributed by atoms with van der Waals surface area (Å²) < 4.78 is 29.3. The number of hydrogen-bond donors (Lipinski definition) is 1. The van der Waals surface area contributed by atoms with Crippen molar-refractivity contribution >= 4 is 23.2 Å². The molecule has 2 amide bonds. The second-order valence-electron chi connectivity index (χ2n) is 7.57. The fraction of sp³-hybridized carbons (Fsp3) is 0.368. The van der Waals surface area contributed by atoms with Crippen molar-refractivity contribution in [3.8, 4) is 0 Å². The van der Waals surface area contributed by atoms with E-state index >= 15 is 0 Å². The molecule has 2 aliphatic heterocycles. The summed E-state index contributed by atoms with van der Waals surface area (Å²) in [6.07, 6.45) is 0. The fourth-order valence-corrected chi connectivity index (χ4v) is 4.20. The molecular weight excluding hydrogens is 380 g/mol. The Labute approximate surface area is 165 Å². The predicted octanol–water partition coefficient (Wildman–Crippen LogP) is 2.31. The van der Waals surface area contributed by atoms with E-state index in [0.717, 1.165) is 36.9 Å². The molecule has 0 aliphatic carbocycles. The Morgan fingerprint density at radius 1 is 1.03 bits per heavy atom. The lowest BCUT2D eigenvalue weighted by Crippen LogP contribution is -2.36. The third-order valence-corrected chi connectivity index (χ3v) is 5.70. The highest BCUT2D eigenvalue weighted by molar-refractivity contribution is 5.89. The molecule has 2 saturated heterocycles. The number of carbonyl (C=O) groups excluding carboxylic acids is 1. The minimum absolute atomic E-state index is 0.283. The molecule has 8 nitrogen and oxygen atoms in total. The second kappa shape index (κ2) is 6.64. The first-order valence-corrected chi connectivity index (χ1v) is 9.43. The van der Waals surface area contributed by atoms with E-state index < -0.39 is 23.4 Å². The third-order valence-electron chi connectivity index (χ3n) is 5.70. The molecule has 2 aliphatic rings. The number of halogens is 2. The number of hydrogen-bond acceptors (Lipinski definition) is 5. The molecule has 2 fully saturated rings. The van der Waals surface area contributed by atoms with Crippen molar-refractivity contribution in [1.29, 1.82) is 0 Å². The van der Waals surface area contributed by atoms with Crippen LogP contribution >= 0.6 is 0 Å². The highest BCUT2D eigenvalue weighted by Gasteiger charge is 2.42. The summed E-state index contributed by atoms with van der Waals surface area (Å²) in [5, 5.41) is 15.1. The van der Waals surface area contributed by atoms with Crippen molar-refractivity contribution < 1.29 is 13.6 Å². The monoisotopic (exact) mass is 399 g/mol. The molecule has 2 aromatic heterocycles. The number of para-hydroxylation sites is 1. The first-order valence-electron chi connectivity index (χ1n) is 9.43. The summed E-state index contributed by atoms with van der Waals surface area (Å²) in [4.78, 5) is 16.3. The lowest BCUT2D eigenvalue weighted by Gasteiger charge is -2.23. The second-order valence-corrected chi connectivity index (χ2v) is 7.57. The van der Waals surface area contributed by atoms with E-state index in [0.29, 0.717) is 18.7 Å². The zero-order valence-corrected chi connectivity index (χ0v) is 15.7. The number of fused-ring (bicyclic) bond motifs is 2. The van der Waals surface area contributed by atoms with Crippen molar-refractivity contribution in [3.63, 3.8) is 0 Å². The van der Waals surface area contributed by atoms with Crippen molar-refractivity contribution in [1.82, 2.24) is 24.7 Å². The number of anilines is 2. The van der Waals surface area contributed by atoms with Crippen molar-refractivity contribution in [3.05, 3.63) is 47.8 Å². The van der Waals surface area contributed by atoms with Crippen molar-refractivity contribution in [2.75, 3.05) is 36.4 Å². The molecule has 1 aromatic carbocycles. The van der Waals surface area contributed by atoms with Gasteiger partial charge < -0.3 is 15.1 Å². The van der Waals surface area contributed by atoms with Gasteiger partial charge in [-0.3, -0.25) is 0 Å². The van der Waals surface area contributed by atoms with Crippen LogP contribution in [-0.4, -0.2) is 56.9 Å². The van der Waals surface area contributed by atoms with Crippen LogP contribution in [0.2, 0.25) is 0 Å². The molecule has 0 bridgehead atoms. The van der Waals surface area contributed by atoms with E-state index in [1.165, 1.54) is 6.07 Å². The first-order chi connectivity index (χ1) is 14.0. The molecule has 0 radical (unpaired) electrons. The van der Waals surface area contributed by atoms with Crippen LogP contribution in [0.5, 0.6) is 0 Å². The number of aromatic nitrogens is 4. The Morgan fingerprint density at radius 3 is 2.41 bits per heavy atom. The maximum Gasteiger partial charge on any atom is 0.322 e. The van der Waals surface area contributed by atoms with E-state index in [4.69, 9.17) is 0 Å². The molecule has 29 heavy (non-hydrogen) atoms. The third kappa shape index (κ3) is 3.04. The lowest BCUT2D eigenvalue weighted by atomic mass is 10.0. The normalized spacial score (nSPS) is 21.1.